The van der Waals surface area contributed by atoms with Crippen molar-refractivity contribution in [1.29, 1.82) is 0 Å². The van der Waals surface area contributed by atoms with E-state index in [0.717, 1.165) is 28.7 Å². The number of ether oxygens (including phenoxy) is 1. The van der Waals surface area contributed by atoms with E-state index in [1.165, 1.54) is 0 Å². The number of benzene rings is 3. The van der Waals surface area contributed by atoms with Crippen molar-refractivity contribution in [3.05, 3.63) is 106 Å². The summed E-state index contributed by atoms with van der Waals surface area (Å²) in [6.07, 6.45) is 1.88. The molecule has 1 heterocycles. The molecular formula is C27H19ClO3. The van der Waals surface area contributed by atoms with Crippen LogP contribution in [0.1, 0.15) is 40.7 Å². The monoisotopic (exact) mass is 426 g/mol. The molecule has 3 nitrogen and oxygen atoms in total. The molecule has 0 saturated heterocycles. The highest BCUT2D eigenvalue weighted by atomic mass is 35.5. The molecule has 1 unspecified atom stereocenters. The minimum atomic E-state index is -1.02. The van der Waals surface area contributed by atoms with Crippen molar-refractivity contribution in [2.24, 2.45) is 5.92 Å². The Balaban J connectivity index is 1.64. The van der Waals surface area contributed by atoms with Crippen LogP contribution in [0.5, 0.6) is 0 Å². The first-order valence-electron chi connectivity index (χ1n) is 10.6. The second-order valence-electron chi connectivity index (χ2n) is 8.35. The summed E-state index contributed by atoms with van der Waals surface area (Å²) in [4.78, 5) is 27.2. The van der Waals surface area contributed by atoms with Crippen LogP contribution in [0.15, 0.2) is 84.1 Å². The third kappa shape index (κ3) is 2.47. The van der Waals surface area contributed by atoms with Gasteiger partial charge in [-0.1, -0.05) is 60.1 Å². The Morgan fingerprint density at radius 1 is 0.871 bits per heavy atom. The van der Waals surface area contributed by atoms with Crippen LogP contribution in [0.25, 0.3) is 11.1 Å². The number of ketones is 2. The van der Waals surface area contributed by atoms with E-state index in [1.807, 2.05) is 36.4 Å². The van der Waals surface area contributed by atoms with E-state index in [2.05, 4.69) is 12.1 Å². The average Bonchev–Trinajstić information content (AvgIpc) is 3.29. The summed E-state index contributed by atoms with van der Waals surface area (Å²) < 4.78 is 6.73. The van der Waals surface area contributed by atoms with Gasteiger partial charge in [0.15, 0.2) is 17.2 Å². The van der Waals surface area contributed by atoms with Crippen LogP contribution in [0, 0.1) is 5.92 Å². The number of Topliss-reactive ketones (excluding diaryl/α,β-unsaturated/α-hetero) is 2. The number of fused-ring (bicyclic) bond motifs is 5. The van der Waals surface area contributed by atoms with Gasteiger partial charge in [-0.25, -0.2) is 0 Å². The number of hydrogen-bond acceptors (Lipinski definition) is 3. The van der Waals surface area contributed by atoms with E-state index >= 15 is 0 Å². The maximum Gasteiger partial charge on any atom is 0.175 e. The van der Waals surface area contributed by atoms with Crippen LogP contribution in [0.2, 0.25) is 5.02 Å². The molecule has 6 rings (SSSR count). The van der Waals surface area contributed by atoms with E-state index in [4.69, 9.17) is 16.3 Å². The van der Waals surface area contributed by atoms with Gasteiger partial charge in [-0.05, 0) is 41.8 Å². The molecule has 0 amide bonds. The number of carbonyl (C=O) groups is 2. The lowest BCUT2D eigenvalue weighted by Crippen LogP contribution is -2.39. The predicted octanol–water partition coefficient (Wildman–Crippen LogP) is 6.10. The lowest BCUT2D eigenvalue weighted by atomic mass is 9.71. The summed E-state index contributed by atoms with van der Waals surface area (Å²) in [5.74, 6) is -0.132. The molecule has 2 aliphatic carbocycles. The van der Waals surface area contributed by atoms with Crippen LogP contribution < -0.4 is 0 Å². The van der Waals surface area contributed by atoms with E-state index < -0.39 is 11.5 Å². The molecule has 0 bridgehead atoms. The zero-order chi connectivity index (χ0) is 21.2. The van der Waals surface area contributed by atoms with Crippen molar-refractivity contribution in [3.63, 3.8) is 0 Å². The van der Waals surface area contributed by atoms with Gasteiger partial charge in [-0.15, -0.1) is 0 Å². The number of carbonyl (C=O) groups excluding carboxylic acids is 2. The minimum absolute atomic E-state index is 0.0206. The topological polar surface area (TPSA) is 43.4 Å². The van der Waals surface area contributed by atoms with Crippen LogP contribution in [-0.4, -0.2) is 11.6 Å². The van der Waals surface area contributed by atoms with Crippen molar-refractivity contribution in [2.75, 3.05) is 0 Å². The number of allylic oxidation sites excluding steroid dienone is 1. The summed E-state index contributed by atoms with van der Waals surface area (Å²) >= 11 is 6.06. The molecule has 0 radical (unpaired) electrons. The summed E-state index contributed by atoms with van der Waals surface area (Å²) in [6.45, 7) is 0. The normalized spacial score (nSPS) is 20.3. The summed E-state index contributed by atoms with van der Waals surface area (Å²) in [5.41, 5.74) is 4.08. The van der Waals surface area contributed by atoms with Gasteiger partial charge in [0.25, 0.3) is 0 Å². The molecule has 0 N–H and O–H groups in total. The van der Waals surface area contributed by atoms with Gasteiger partial charge in [0.2, 0.25) is 0 Å². The predicted molar refractivity (Wildman–Crippen MR) is 119 cm³/mol. The maximum absolute atomic E-state index is 14.0. The SMILES string of the molecule is O=C1CCCC2=C1C(C(=O)c1ccc(Cl)cc1)C1(O2)c2ccccc2-c2ccccc21. The van der Waals surface area contributed by atoms with Crippen LogP contribution >= 0.6 is 11.6 Å². The van der Waals surface area contributed by atoms with Crippen molar-refractivity contribution in [2.45, 2.75) is 24.9 Å². The zero-order valence-electron chi connectivity index (χ0n) is 16.7. The highest BCUT2D eigenvalue weighted by Gasteiger charge is 2.61. The standard InChI is InChI=1S/C27H19ClO3/c28-17-14-12-16(13-15-17)26(30)25-24-22(29)10-5-11-23(24)31-27(25)20-8-3-1-6-18(20)19-7-2-4-9-21(19)27/h1-4,6-9,12-15,25H,5,10-11H2. The Hall–Kier alpha value is -3.17. The van der Waals surface area contributed by atoms with E-state index in [-0.39, 0.29) is 11.6 Å². The Labute approximate surface area is 185 Å². The first-order chi connectivity index (χ1) is 15.1. The molecule has 31 heavy (non-hydrogen) atoms. The van der Waals surface area contributed by atoms with Crippen LogP contribution in [-0.2, 0) is 15.1 Å². The number of rotatable bonds is 2. The Kier molecular flexibility index (Phi) is 4.00. The zero-order valence-corrected chi connectivity index (χ0v) is 17.5. The fourth-order valence-electron chi connectivity index (χ4n) is 5.47. The van der Waals surface area contributed by atoms with Gasteiger partial charge in [-0.3, -0.25) is 9.59 Å². The third-order valence-electron chi connectivity index (χ3n) is 6.72. The highest BCUT2D eigenvalue weighted by Crippen LogP contribution is 2.61. The summed E-state index contributed by atoms with van der Waals surface area (Å²) in [5, 5.41) is 0.569. The second kappa shape index (κ2) is 6.66. The van der Waals surface area contributed by atoms with E-state index in [1.54, 1.807) is 24.3 Å². The van der Waals surface area contributed by atoms with Crippen molar-refractivity contribution in [3.8, 4) is 11.1 Å². The van der Waals surface area contributed by atoms with Crippen LogP contribution in [0.4, 0.5) is 0 Å². The molecule has 0 fully saturated rings. The summed E-state index contributed by atoms with van der Waals surface area (Å²) in [6, 6.07) is 23.0. The van der Waals surface area contributed by atoms with Gasteiger partial charge in [-0.2, -0.15) is 0 Å². The van der Waals surface area contributed by atoms with Gasteiger partial charge in [0.1, 0.15) is 11.7 Å². The molecule has 3 aliphatic rings. The lowest BCUT2D eigenvalue weighted by molar-refractivity contribution is -0.116. The Bertz CT molecular complexity index is 1240. The molecule has 1 spiro atoms. The van der Waals surface area contributed by atoms with Crippen LogP contribution in [0.3, 0.4) is 0 Å². The Morgan fingerprint density at radius 2 is 1.48 bits per heavy atom. The first-order valence-corrected chi connectivity index (χ1v) is 10.9. The van der Waals surface area contributed by atoms with Crippen molar-refractivity contribution >= 4 is 23.2 Å². The first kappa shape index (κ1) is 18.6. The molecule has 3 aromatic rings. The number of hydrogen-bond donors (Lipinski definition) is 0. The molecule has 0 saturated carbocycles. The second-order valence-corrected chi connectivity index (χ2v) is 8.78. The van der Waals surface area contributed by atoms with Crippen molar-refractivity contribution in [1.82, 2.24) is 0 Å². The fourth-order valence-corrected chi connectivity index (χ4v) is 5.59. The molecular weight excluding hydrogens is 408 g/mol. The molecule has 1 atom stereocenters. The molecule has 4 heteroatoms. The van der Waals surface area contributed by atoms with Gasteiger partial charge in [0, 0.05) is 40.1 Å². The molecule has 3 aromatic carbocycles. The molecule has 152 valence electrons. The van der Waals surface area contributed by atoms with Gasteiger partial charge >= 0.3 is 0 Å². The van der Waals surface area contributed by atoms with Gasteiger partial charge in [0.05, 0.1) is 0 Å². The third-order valence-corrected chi connectivity index (χ3v) is 6.98. The van der Waals surface area contributed by atoms with E-state index in [9.17, 15) is 9.59 Å². The van der Waals surface area contributed by atoms with Gasteiger partial charge < -0.3 is 4.74 Å². The average molecular weight is 427 g/mol. The highest BCUT2D eigenvalue weighted by molar-refractivity contribution is 6.30. The fraction of sp³-hybridized carbons (Fsp3) is 0.185. The lowest BCUT2D eigenvalue weighted by Gasteiger charge is -2.33. The van der Waals surface area contributed by atoms with Crippen molar-refractivity contribution < 1.29 is 14.3 Å². The Morgan fingerprint density at radius 3 is 2.13 bits per heavy atom. The van der Waals surface area contributed by atoms with E-state index in [0.29, 0.717) is 34.8 Å². The molecule has 0 aromatic heterocycles. The maximum atomic E-state index is 14.0. The molecule has 1 aliphatic heterocycles. The summed E-state index contributed by atoms with van der Waals surface area (Å²) in [7, 11) is 0. The number of halogens is 1. The quantitative estimate of drug-likeness (QED) is 0.465. The largest absolute Gasteiger partial charge is 0.481 e. The smallest absolute Gasteiger partial charge is 0.175 e. The minimum Gasteiger partial charge on any atom is -0.481 e.